The Bertz CT molecular complexity index is 1070. The summed E-state index contributed by atoms with van der Waals surface area (Å²) in [4.78, 5) is 32.9. The van der Waals surface area contributed by atoms with E-state index in [-0.39, 0.29) is 5.91 Å². The van der Waals surface area contributed by atoms with E-state index in [1.54, 1.807) is 30.5 Å². The number of fused-ring (bicyclic) bond motifs is 1. The van der Waals surface area contributed by atoms with Gasteiger partial charge in [-0.1, -0.05) is 6.07 Å². The molecule has 1 amide bonds. The number of nitrogens with zero attached hydrogens (tertiary/aromatic N) is 5. The number of imidazole rings is 1. The second-order valence-corrected chi connectivity index (χ2v) is 8.72. The number of aryl methyl sites for hydroxylation is 3. The first-order valence-electron chi connectivity index (χ1n) is 10.8. The molecule has 2 aromatic heterocycles. The zero-order valence-electron chi connectivity index (χ0n) is 18.4. The average Bonchev–Trinajstić information content (AvgIpc) is 3.15. The highest BCUT2D eigenvalue weighted by Crippen LogP contribution is 2.25. The molecular weight excluding hydrogens is 392 g/mol. The van der Waals surface area contributed by atoms with Gasteiger partial charge in [0.2, 0.25) is 5.91 Å². The van der Waals surface area contributed by atoms with Gasteiger partial charge in [-0.2, -0.15) is 0 Å². The number of anilines is 1. The Balaban J connectivity index is 1.35. The Hall–Kier alpha value is -3.00. The highest BCUT2D eigenvalue weighted by molar-refractivity contribution is 5.80. The van der Waals surface area contributed by atoms with Gasteiger partial charge in [0.1, 0.15) is 11.6 Å². The SMILES string of the molecule is Cc1cc(C)c2nc(CCC(=O)N(C)CC3(O)CCCN(c4cnccn4)C3)[nH]c2c1. The number of aliphatic hydroxyl groups is 1. The lowest BCUT2D eigenvalue weighted by Gasteiger charge is -2.41. The Morgan fingerprint density at radius 3 is 2.94 bits per heavy atom. The van der Waals surface area contributed by atoms with Crippen molar-refractivity contribution in [3.8, 4) is 0 Å². The molecule has 0 bridgehead atoms. The van der Waals surface area contributed by atoms with Crippen LogP contribution >= 0.6 is 0 Å². The number of piperidine rings is 1. The summed E-state index contributed by atoms with van der Waals surface area (Å²) in [5.74, 6) is 1.57. The molecule has 1 atom stereocenters. The van der Waals surface area contributed by atoms with Gasteiger partial charge >= 0.3 is 0 Å². The van der Waals surface area contributed by atoms with Gasteiger partial charge in [0, 0.05) is 45.4 Å². The molecule has 8 heteroatoms. The normalized spacial score (nSPS) is 19.0. The lowest BCUT2D eigenvalue weighted by molar-refractivity contribution is -0.133. The molecule has 164 valence electrons. The van der Waals surface area contributed by atoms with E-state index >= 15 is 0 Å². The van der Waals surface area contributed by atoms with E-state index in [1.807, 2.05) is 11.8 Å². The van der Waals surface area contributed by atoms with E-state index in [0.717, 1.165) is 41.2 Å². The highest BCUT2D eigenvalue weighted by atomic mass is 16.3. The molecular formula is C23H30N6O2. The van der Waals surface area contributed by atoms with E-state index in [9.17, 15) is 9.90 Å². The first-order valence-corrected chi connectivity index (χ1v) is 10.8. The summed E-state index contributed by atoms with van der Waals surface area (Å²) in [5, 5.41) is 11.2. The molecule has 1 aliphatic rings. The fourth-order valence-corrected chi connectivity index (χ4v) is 4.48. The maximum absolute atomic E-state index is 12.8. The molecule has 31 heavy (non-hydrogen) atoms. The molecule has 0 saturated carbocycles. The second kappa shape index (κ2) is 8.63. The van der Waals surface area contributed by atoms with Gasteiger partial charge in [-0.15, -0.1) is 0 Å². The molecule has 1 saturated heterocycles. The van der Waals surface area contributed by atoms with Crippen molar-refractivity contribution in [3.63, 3.8) is 0 Å². The number of aromatic nitrogens is 4. The van der Waals surface area contributed by atoms with Crippen molar-refractivity contribution in [3.05, 3.63) is 47.7 Å². The summed E-state index contributed by atoms with van der Waals surface area (Å²) < 4.78 is 0. The Morgan fingerprint density at radius 1 is 1.32 bits per heavy atom. The molecule has 1 aliphatic heterocycles. The number of rotatable bonds is 6. The quantitative estimate of drug-likeness (QED) is 0.633. The molecule has 8 nitrogen and oxygen atoms in total. The van der Waals surface area contributed by atoms with Crippen LogP contribution in [0.5, 0.6) is 0 Å². The van der Waals surface area contributed by atoms with Crippen LogP contribution in [0.1, 0.15) is 36.2 Å². The van der Waals surface area contributed by atoms with Gasteiger partial charge in [0.25, 0.3) is 0 Å². The maximum atomic E-state index is 12.8. The predicted octanol–water partition coefficient (Wildman–Crippen LogP) is 2.39. The number of likely N-dealkylation sites (N-methyl/N-ethyl adjacent to an activating group) is 1. The fourth-order valence-electron chi connectivity index (χ4n) is 4.48. The molecule has 0 radical (unpaired) electrons. The predicted molar refractivity (Wildman–Crippen MR) is 120 cm³/mol. The van der Waals surface area contributed by atoms with Crippen LogP contribution in [0, 0.1) is 13.8 Å². The molecule has 3 aromatic rings. The first-order chi connectivity index (χ1) is 14.8. The van der Waals surface area contributed by atoms with Gasteiger partial charge in [-0.05, 0) is 43.9 Å². The van der Waals surface area contributed by atoms with Crippen molar-refractivity contribution in [2.75, 3.05) is 31.6 Å². The highest BCUT2D eigenvalue weighted by Gasteiger charge is 2.35. The Kier molecular flexibility index (Phi) is 5.91. The second-order valence-electron chi connectivity index (χ2n) is 8.72. The monoisotopic (exact) mass is 422 g/mol. The van der Waals surface area contributed by atoms with E-state index in [4.69, 9.17) is 0 Å². The largest absolute Gasteiger partial charge is 0.386 e. The van der Waals surface area contributed by atoms with E-state index in [0.29, 0.717) is 32.4 Å². The van der Waals surface area contributed by atoms with Crippen LogP contribution in [0.4, 0.5) is 5.82 Å². The third kappa shape index (κ3) is 4.85. The van der Waals surface area contributed by atoms with Crippen molar-refractivity contribution < 1.29 is 9.90 Å². The molecule has 1 fully saturated rings. The van der Waals surface area contributed by atoms with Crippen LogP contribution in [0.15, 0.2) is 30.7 Å². The maximum Gasteiger partial charge on any atom is 0.222 e. The molecule has 1 unspecified atom stereocenters. The van der Waals surface area contributed by atoms with Crippen LogP contribution in [0.2, 0.25) is 0 Å². The molecule has 2 N–H and O–H groups in total. The number of hydrogen-bond donors (Lipinski definition) is 2. The summed E-state index contributed by atoms with van der Waals surface area (Å²) in [7, 11) is 1.76. The van der Waals surface area contributed by atoms with Crippen molar-refractivity contribution >= 4 is 22.8 Å². The van der Waals surface area contributed by atoms with Crippen LogP contribution in [0.25, 0.3) is 11.0 Å². The molecule has 4 rings (SSSR count). The Labute approximate surface area is 182 Å². The van der Waals surface area contributed by atoms with Crippen molar-refractivity contribution in [1.82, 2.24) is 24.8 Å². The minimum absolute atomic E-state index is 0.00147. The number of amides is 1. The number of hydrogen-bond acceptors (Lipinski definition) is 6. The van der Waals surface area contributed by atoms with E-state index in [1.165, 1.54) is 5.56 Å². The third-order valence-electron chi connectivity index (χ3n) is 5.93. The van der Waals surface area contributed by atoms with Gasteiger partial charge in [0.05, 0.1) is 29.4 Å². The summed E-state index contributed by atoms with van der Waals surface area (Å²) >= 11 is 0. The van der Waals surface area contributed by atoms with Gasteiger partial charge < -0.3 is 19.9 Å². The van der Waals surface area contributed by atoms with Gasteiger partial charge in [-0.25, -0.2) is 9.97 Å². The van der Waals surface area contributed by atoms with Crippen molar-refractivity contribution in [2.24, 2.45) is 0 Å². The number of carbonyl (C=O) groups is 1. The summed E-state index contributed by atoms with van der Waals surface area (Å²) in [5.41, 5.74) is 3.32. The number of nitrogens with one attached hydrogen (secondary N) is 1. The number of carbonyl (C=O) groups excluding carboxylic acids is 1. The van der Waals surface area contributed by atoms with E-state index in [2.05, 4.69) is 39.0 Å². The number of β-amino-alcohol motifs (C(OH)–C–C–N with tert-alkyl or cyclic N) is 1. The summed E-state index contributed by atoms with van der Waals surface area (Å²) in [6, 6.07) is 4.19. The number of H-pyrrole nitrogens is 1. The van der Waals surface area contributed by atoms with Crippen LogP contribution in [-0.2, 0) is 11.2 Å². The smallest absolute Gasteiger partial charge is 0.222 e. The molecule has 0 aliphatic carbocycles. The molecule has 0 spiro atoms. The van der Waals surface area contributed by atoms with E-state index < -0.39 is 5.60 Å². The fraction of sp³-hybridized carbons (Fsp3) is 0.478. The van der Waals surface area contributed by atoms with Crippen LogP contribution < -0.4 is 4.90 Å². The zero-order chi connectivity index (χ0) is 22.0. The number of benzene rings is 1. The first kappa shape index (κ1) is 21.2. The minimum atomic E-state index is -0.964. The van der Waals surface area contributed by atoms with Crippen molar-refractivity contribution in [2.45, 2.75) is 45.1 Å². The van der Waals surface area contributed by atoms with Crippen LogP contribution in [-0.4, -0.2) is 68.1 Å². The lowest BCUT2D eigenvalue weighted by Crippen LogP contribution is -2.55. The van der Waals surface area contributed by atoms with Crippen molar-refractivity contribution in [1.29, 1.82) is 0 Å². The zero-order valence-corrected chi connectivity index (χ0v) is 18.4. The number of aromatic amines is 1. The van der Waals surface area contributed by atoms with Gasteiger partial charge in [0.15, 0.2) is 0 Å². The standard InChI is InChI=1S/C23H30N6O2/c1-16-11-17(2)22-18(12-16)26-19(27-22)5-6-21(30)28(3)14-23(31)7-4-10-29(15-23)20-13-24-8-9-25-20/h8-9,11-13,31H,4-7,10,14-15H2,1-3H3,(H,26,27). The van der Waals surface area contributed by atoms with Crippen LogP contribution in [0.3, 0.4) is 0 Å². The lowest BCUT2D eigenvalue weighted by atomic mass is 9.92. The topological polar surface area (TPSA) is 98.2 Å². The molecule has 3 heterocycles. The summed E-state index contributed by atoms with van der Waals surface area (Å²) in [6.45, 7) is 5.66. The Morgan fingerprint density at radius 2 is 2.16 bits per heavy atom. The molecule has 1 aromatic carbocycles. The average molecular weight is 423 g/mol. The minimum Gasteiger partial charge on any atom is -0.386 e. The van der Waals surface area contributed by atoms with Gasteiger partial charge in [-0.3, -0.25) is 9.78 Å². The third-order valence-corrected chi connectivity index (χ3v) is 5.93. The summed E-state index contributed by atoms with van der Waals surface area (Å²) in [6.07, 6.45) is 7.38.